The molecule has 2 N–H and O–H groups in total. The summed E-state index contributed by atoms with van der Waals surface area (Å²) in [5, 5.41) is 8.09. The first-order valence-corrected chi connectivity index (χ1v) is 9.74. The maximum Gasteiger partial charge on any atom is 0.319 e. The minimum Gasteiger partial charge on any atom is -0.436 e. The Kier molecular flexibility index (Phi) is 4.62. The van der Waals surface area contributed by atoms with E-state index < -0.39 is 0 Å². The summed E-state index contributed by atoms with van der Waals surface area (Å²) in [5.74, 6) is 0.558. The van der Waals surface area contributed by atoms with Crippen molar-refractivity contribution in [3.05, 3.63) is 96.6 Å². The van der Waals surface area contributed by atoms with Gasteiger partial charge in [-0.15, -0.1) is 0 Å². The summed E-state index contributed by atoms with van der Waals surface area (Å²) in [7, 11) is 0. The summed E-state index contributed by atoms with van der Waals surface area (Å²) in [6.07, 6.45) is 0. The Balaban J connectivity index is 1.25. The van der Waals surface area contributed by atoms with Crippen LogP contribution in [0.25, 0.3) is 33.3 Å². The van der Waals surface area contributed by atoms with E-state index in [0.29, 0.717) is 18.1 Å². The van der Waals surface area contributed by atoms with Gasteiger partial charge in [0, 0.05) is 17.8 Å². The van der Waals surface area contributed by atoms with Crippen LogP contribution in [0.1, 0.15) is 5.56 Å². The van der Waals surface area contributed by atoms with E-state index in [1.54, 1.807) is 0 Å². The number of para-hydroxylation sites is 2. The van der Waals surface area contributed by atoms with Crippen molar-refractivity contribution in [2.75, 3.05) is 5.32 Å². The van der Waals surface area contributed by atoms with Crippen molar-refractivity contribution >= 4 is 33.6 Å². The molecule has 0 radical (unpaired) electrons. The lowest BCUT2D eigenvalue weighted by Gasteiger charge is -2.10. The number of nitrogens with one attached hydrogen (secondary N) is 2. The van der Waals surface area contributed by atoms with Gasteiger partial charge in [0.1, 0.15) is 5.52 Å². The van der Waals surface area contributed by atoms with Crippen molar-refractivity contribution in [3.63, 3.8) is 0 Å². The average Bonchev–Trinajstić information content (AvgIpc) is 3.22. The van der Waals surface area contributed by atoms with Crippen LogP contribution in [-0.2, 0) is 6.54 Å². The number of carbonyl (C=O) groups is 1. The van der Waals surface area contributed by atoms with Crippen molar-refractivity contribution in [2.24, 2.45) is 0 Å². The van der Waals surface area contributed by atoms with Crippen molar-refractivity contribution in [1.82, 2.24) is 10.3 Å². The van der Waals surface area contributed by atoms with Gasteiger partial charge in [0.15, 0.2) is 5.58 Å². The number of amides is 2. The lowest BCUT2D eigenvalue weighted by atomic mass is 10.0. The minimum atomic E-state index is -0.252. The van der Waals surface area contributed by atoms with Crippen molar-refractivity contribution in [3.8, 4) is 11.5 Å². The van der Waals surface area contributed by atoms with E-state index >= 15 is 0 Å². The Labute approximate surface area is 173 Å². The Morgan fingerprint density at radius 3 is 2.47 bits per heavy atom. The molecule has 0 fully saturated rings. The molecule has 5 rings (SSSR count). The third-order valence-corrected chi connectivity index (χ3v) is 5.00. The van der Waals surface area contributed by atoms with Gasteiger partial charge in [-0.3, -0.25) is 0 Å². The van der Waals surface area contributed by atoms with Gasteiger partial charge in [-0.25, -0.2) is 9.78 Å². The molecule has 0 bridgehead atoms. The molecule has 0 aliphatic carbocycles. The van der Waals surface area contributed by atoms with Gasteiger partial charge in [0.05, 0.1) is 0 Å². The highest BCUT2D eigenvalue weighted by atomic mass is 16.3. The molecule has 2 amide bonds. The highest BCUT2D eigenvalue weighted by Gasteiger charge is 2.09. The maximum atomic E-state index is 12.3. The molecule has 5 heteroatoms. The molecule has 0 atom stereocenters. The number of rotatable bonds is 4. The number of nitrogens with zero attached hydrogens (tertiary/aromatic N) is 1. The summed E-state index contributed by atoms with van der Waals surface area (Å²) >= 11 is 0. The Morgan fingerprint density at radius 1 is 0.833 bits per heavy atom. The first kappa shape index (κ1) is 17.9. The predicted octanol–water partition coefficient (Wildman–Crippen LogP) is 5.97. The second kappa shape index (κ2) is 7.72. The predicted molar refractivity (Wildman–Crippen MR) is 119 cm³/mol. The van der Waals surface area contributed by atoms with Gasteiger partial charge in [0.25, 0.3) is 0 Å². The van der Waals surface area contributed by atoms with Crippen molar-refractivity contribution < 1.29 is 9.21 Å². The summed E-state index contributed by atoms with van der Waals surface area (Å²) in [4.78, 5) is 16.8. The second-order valence-electron chi connectivity index (χ2n) is 7.01. The molecule has 0 aliphatic rings. The zero-order chi connectivity index (χ0) is 20.3. The molecule has 0 aliphatic heterocycles. The molecule has 0 saturated carbocycles. The molecule has 1 aromatic heterocycles. The van der Waals surface area contributed by atoms with Crippen LogP contribution in [0.5, 0.6) is 0 Å². The van der Waals surface area contributed by atoms with Gasteiger partial charge in [-0.1, -0.05) is 54.6 Å². The topological polar surface area (TPSA) is 67.2 Å². The number of fused-ring (bicyclic) bond motifs is 2. The van der Waals surface area contributed by atoms with E-state index in [9.17, 15) is 4.79 Å². The maximum absolute atomic E-state index is 12.3. The smallest absolute Gasteiger partial charge is 0.319 e. The first-order chi connectivity index (χ1) is 14.8. The number of oxazole rings is 1. The van der Waals surface area contributed by atoms with Crippen LogP contribution in [-0.4, -0.2) is 11.0 Å². The largest absolute Gasteiger partial charge is 0.436 e. The number of hydrogen-bond donors (Lipinski definition) is 2. The van der Waals surface area contributed by atoms with E-state index in [-0.39, 0.29) is 6.03 Å². The Bertz CT molecular complexity index is 1300. The fraction of sp³-hybridized carbons (Fsp3) is 0.0400. The summed E-state index contributed by atoms with van der Waals surface area (Å²) in [6, 6.07) is 29.1. The Hall–Kier alpha value is -4.12. The third kappa shape index (κ3) is 3.61. The number of benzene rings is 4. The third-order valence-electron chi connectivity index (χ3n) is 5.00. The van der Waals surface area contributed by atoms with Crippen LogP contribution in [0.15, 0.2) is 95.4 Å². The molecule has 0 unspecified atom stereocenters. The van der Waals surface area contributed by atoms with Crippen LogP contribution in [0.2, 0.25) is 0 Å². The van der Waals surface area contributed by atoms with Gasteiger partial charge in [-0.05, 0) is 52.7 Å². The van der Waals surface area contributed by atoms with Gasteiger partial charge in [0.2, 0.25) is 5.89 Å². The monoisotopic (exact) mass is 393 g/mol. The molecule has 5 aromatic rings. The molecule has 0 saturated heterocycles. The minimum absolute atomic E-state index is 0.252. The lowest BCUT2D eigenvalue weighted by molar-refractivity contribution is 0.252. The summed E-state index contributed by atoms with van der Waals surface area (Å²) < 4.78 is 5.79. The second-order valence-corrected chi connectivity index (χ2v) is 7.01. The van der Waals surface area contributed by atoms with Crippen LogP contribution < -0.4 is 10.6 Å². The number of anilines is 1. The van der Waals surface area contributed by atoms with Gasteiger partial charge in [-0.2, -0.15) is 0 Å². The SMILES string of the molecule is O=C(NCc1cccc2ccccc12)Nc1ccc(-c2nc3ccccc3o2)cc1. The molecule has 0 spiro atoms. The van der Waals surface area contributed by atoms with Crippen LogP contribution in [0.4, 0.5) is 10.5 Å². The average molecular weight is 393 g/mol. The van der Waals surface area contributed by atoms with Crippen molar-refractivity contribution in [1.29, 1.82) is 0 Å². The molecule has 1 heterocycles. The van der Waals surface area contributed by atoms with Crippen LogP contribution in [0.3, 0.4) is 0 Å². The van der Waals surface area contributed by atoms with Crippen LogP contribution >= 0.6 is 0 Å². The standard InChI is InChI=1S/C25H19N3O2/c29-25(26-16-19-8-5-7-17-6-1-2-9-21(17)19)27-20-14-12-18(13-15-20)24-28-22-10-3-4-11-23(22)30-24/h1-15H,16H2,(H2,26,27,29). The highest BCUT2D eigenvalue weighted by Crippen LogP contribution is 2.25. The van der Waals surface area contributed by atoms with Gasteiger partial charge < -0.3 is 15.1 Å². The zero-order valence-electron chi connectivity index (χ0n) is 16.1. The summed E-state index contributed by atoms with van der Waals surface area (Å²) in [6.45, 7) is 0.453. The zero-order valence-corrected chi connectivity index (χ0v) is 16.1. The number of carbonyl (C=O) groups excluding carboxylic acids is 1. The quantitative estimate of drug-likeness (QED) is 0.395. The number of hydrogen-bond acceptors (Lipinski definition) is 3. The number of aromatic nitrogens is 1. The molecule has 4 aromatic carbocycles. The van der Waals surface area contributed by atoms with E-state index in [4.69, 9.17) is 4.42 Å². The van der Waals surface area contributed by atoms with Gasteiger partial charge >= 0.3 is 6.03 Å². The van der Waals surface area contributed by atoms with Crippen molar-refractivity contribution in [2.45, 2.75) is 6.54 Å². The van der Waals surface area contributed by atoms with E-state index in [1.165, 1.54) is 0 Å². The van der Waals surface area contributed by atoms with E-state index in [1.807, 2.05) is 72.8 Å². The molecule has 146 valence electrons. The normalized spacial score (nSPS) is 10.9. The van der Waals surface area contributed by atoms with E-state index in [2.05, 4.69) is 33.8 Å². The summed E-state index contributed by atoms with van der Waals surface area (Å²) in [5.41, 5.74) is 4.21. The number of urea groups is 1. The molecule has 30 heavy (non-hydrogen) atoms. The fourth-order valence-corrected chi connectivity index (χ4v) is 3.49. The molecular formula is C25H19N3O2. The molecular weight excluding hydrogens is 374 g/mol. The fourth-order valence-electron chi connectivity index (χ4n) is 3.49. The molecule has 5 nitrogen and oxygen atoms in total. The van der Waals surface area contributed by atoms with Crippen LogP contribution in [0, 0.1) is 0 Å². The first-order valence-electron chi connectivity index (χ1n) is 9.74. The lowest BCUT2D eigenvalue weighted by Crippen LogP contribution is -2.28. The Morgan fingerprint density at radius 2 is 1.60 bits per heavy atom. The highest BCUT2D eigenvalue weighted by molar-refractivity contribution is 5.90. The van der Waals surface area contributed by atoms with E-state index in [0.717, 1.165) is 33.0 Å².